The molecule has 0 radical (unpaired) electrons. The third-order valence-electron chi connectivity index (χ3n) is 5.13. The SMILES string of the molecule is Cc1nn(CC(C)C)c(C)c1CCC(=O)N1CCCc2cccc(F)c21. The molecule has 1 amide bonds. The van der Waals surface area contributed by atoms with Gasteiger partial charge in [0.05, 0.1) is 11.4 Å². The van der Waals surface area contributed by atoms with E-state index in [1.165, 1.54) is 6.07 Å². The summed E-state index contributed by atoms with van der Waals surface area (Å²) in [6.45, 7) is 9.88. The van der Waals surface area contributed by atoms with E-state index in [9.17, 15) is 9.18 Å². The first-order chi connectivity index (χ1) is 12.4. The van der Waals surface area contributed by atoms with Crippen LogP contribution in [0.15, 0.2) is 18.2 Å². The van der Waals surface area contributed by atoms with Crippen molar-refractivity contribution in [1.29, 1.82) is 0 Å². The van der Waals surface area contributed by atoms with Gasteiger partial charge in [0.2, 0.25) is 5.91 Å². The summed E-state index contributed by atoms with van der Waals surface area (Å²) in [5, 5.41) is 4.62. The second-order valence-electron chi connectivity index (χ2n) is 7.62. The lowest BCUT2D eigenvalue weighted by Gasteiger charge is -2.30. The number of hydrogen-bond donors (Lipinski definition) is 0. The molecule has 0 N–H and O–H groups in total. The van der Waals surface area contributed by atoms with Crippen molar-refractivity contribution in [3.05, 3.63) is 46.5 Å². The Bertz CT molecular complexity index is 810. The quantitative estimate of drug-likeness (QED) is 0.804. The van der Waals surface area contributed by atoms with Crippen LogP contribution in [0.1, 0.15) is 49.2 Å². The zero-order valence-corrected chi connectivity index (χ0v) is 16.2. The molecule has 1 aliphatic rings. The zero-order chi connectivity index (χ0) is 18.8. The van der Waals surface area contributed by atoms with Crippen LogP contribution in [0.5, 0.6) is 0 Å². The topological polar surface area (TPSA) is 38.1 Å². The highest BCUT2D eigenvalue weighted by molar-refractivity contribution is 5.94. The summed E-state index contributed by atoms with van der Waals surface area (Å²) in [5.74, 6) is 0.217. The summed E-state index contributed by atoms with van der Waals surface area (Å²) >= 11 is 0. The minimum absolute atomic E-state index is 0.00791. The Morgan fingerprint density at radius 1 is 1.31 bits per heavy atom. The molecule has 3 rings (SSSR count). The fourth-order valence-electron chi connectivity index (χ4n) is 3.84. The first-order valence-electron chi connectivity index (χ1n) is 9.49. The van der Waals surface area contributed by atoms with Crippen LogP contribution in [-0.4, -0.2) is 22.2 Å². The molecular formula is C21H28FN3O. The summed E-state index contributed by atoms with van der Waals surface area (Å²) in [4.78, 5) is 14.5. The van der Waals surface area contributed by atoms with Crippen molar-refractivity contribution in [2.45, 2.75) is 59.9 Å². The number of benzene rings is 1. The standard InChI is InChI=1S/C21H28FN3O/c1-14(2)13-25-16(4)18(15(3)23-25)10-11-20(26)24-12-6-8-17-7-5-9-19(22)21(17)24/h5,7,9,14H,6,8,10-13H2,1-4H3. The van der Waals surface area contributed by atoms with Gasteiger partial charge < -0.3 is 4.90 Å². The molecule has 0 saturated heterocycles. The third-order valence-corrected chi connectivity index (χ3v) is 5.13. The van der Waals surface area contributed by atoms with E-state index in [0.717, 1.165) is 41.9 Å². The molecule has 0 spiro atoms. The van der Waals surface area contributed by atoms with Crippen LogP contribution in [0.4, 0.5) is 10.1 Å². The van der Waals surface area contributed by atoms with Crippen LogP contribution >= 0.6 is 0 Å². The number of rotatable bonds is 5. The van der Waals surface area contributed by atoms with Crippen molar-refractivity contribution in [3.63, 3.8) is 0 Å². The Morgan fingerprint density at radius 2 is 2.08 bits per heavy atom. The minimum atomic E-state index is -0.298. The highest BCUT2D eigenvalue weighted by atomic mass is 19.1. The van der Waals surface area contributed by atoms with E-state index < -0.39 is 0 Å². The molecular weight excluding hydrogens is 329 g/mol. The van der Waals surface area contributed by atoms with E-state index in [4.69, 9.17) is 0 Å². The maximum absolute atomic E-state index is 14.3. The van der Waals surface area contributed by atoms with Crippen LogP contribution in [-0.2, 0) is 24.2 Å². The van der Waals surface area contributed by atoms with E-state index >= 15 is 0 Å². The zero-order valence-electron chi connectivity index (χ0n) is 16.2. The number of aryl methyl sites for hydroxylation is 2. The first kappa shape index (κ1) is 18.6. The lowest BCUT2D eigenvalue weighted by molar-refractivity contribution is -0.118. The average molecular weight is 357 g/mol. The lowest BCUT2D eigenvalue weighted by atomic mass is 10.00. The van der Waals surface area contributed by atoms with Gasteiger partial charge in [-0.1, -0.05) is 26.0 Å². The van der Waals surface area contributed by atoms with Gasteiger partial charge in [-0.3, -0.25) is 9.48 Å². The summed E-state index contributed by atoms with van der Waals surface area (Å²) in [7, 11) is 0. The number of hydrogen-bond acceptors (Lipinski definition) is 2. The van der Waals surface area contributed by atoms with Crippen molar-refractivity contribution in [2.75, 3.05) is 11.4 Å². The van der Waals surface area contributed by atoms with E-state index in [1.54, 1.807) is 11.0 Å². The normalized spacial score (nSPS) is 14.0. The smallest absolute Gasteiger partial charge is 0.227 e. The van der Waals surface area contributed by atoms with E-state index in [2.05, 4.69) is 25.9 Å². The van der Waals surface area contributed by atoms with E-state index in [-0.39, 0.29) is 11.7 Å². The minimum Gasteiger partial charge on any atom is -0.309 e. The number of para-hydroxylation sites is 1. The maximum Gasteiger partial charge on any atom is 0.227 e. The van der Waals surface area contributed by atoms with Crippen LogP contribution in [0.25, 0.3) is 0 Å². The molecule has 4 nitrogen and oxygen atoms in total. The summed E-state index contributed by atoms with van der Waals surface area (Å²) in [6, 6.07) is 5.08. The number of nitrogens with zero attached hydrogens (tertiary/aromatic N) is 3. The molecule has 1 aliphatic heterocycles. The highest BCUT2D eigenvalue weighted by Crippen LogP contribution is 2.30. The molecule has 2 aromatic rings. The van der Waals surface area contributed by atoms with Crippen molar-refractivity contribution < 1.29 is 9.18 Å². The monoisotopic (exact) mass is 357 g/mol. The van der Waals surface area contributed by atoms with Gasteiger partial charge in [-0.25, -0.2) is 4.39 Å². The van der Waals surface area contributed by atoms with Gasteiger partial charge in [0, 0.05) is 25.2 Å². The van der Waals surface area contributed by atoms with Crippen LogP contribution in [0.2, 0.25) is 0 Å². The maximum atomic E-state index is 14.3. The number of halogens is 1. The van der Waals surface area contributed by atoms with E-state index in [1.807, 2.05) is 17.7 Å². The Balaban J connectivity index is 1.74. The molecule has 5 heteroatoms. The van der Waals surface area contributed by atoms with Gasteiger partial charge in [0.25, 0.3) is 0 Å². The average Bonchev–Trinajstić information content (AvgIpc) is 2.85. The number of amides is 1. The summed E-state index contributed by atoms with van der Waals surface area (Å²) in [6.07, 6.45) is 2.74. The molecule has 0 saturated carbocycles. The lowest BCUT2D eigenvalue weighted by Crippen LogP contribution is -2.36. The molecule has 140 valence electrons. The number of anilines is 1. The van der Waals surface area contributed by atoms with Gasteiger partial charge in [-0.2, -0.15) is 5.10 Å². The Morgan fingerprint density at radius 3 is 2.81 bits per heavy atom. The molecule has 1 aromatic carbocycles. The van der Waals surface area contributed by atoms with Crippen molar-refractivity contribution in [2.24, 2.45) is 5.92 Å². The van der Waals surface area contributed by atoms with Crippen LogP contribution in [0, 0.1) is 25.6 Å². The second kappa shape index (κ2) is 7.60. The van der Waals surface area contributed by atoms with Crippen molar-refractivity contribution >= 4 is 11.6 Å². The molecule has 1 aromatic heterocycles. The predicted octanol–water partition coefficient (Wildman–Crippen LogP) is 4.21. The third kappa shape index (κ3) is 3.67. The number of carbonyl (C=O) groups excluding carboxylic acids is 1. The van der Waals surface area contributed by atoms with Gasteiger partial charge in [-0.15, -0.1) is 0 Å². The highest BCUT2D eigenvalue weighted by Gasteiger charge is 2.25. The molecule has 0 fully saturated rings. The van der Waals surface area contributed by atoms with Gasteiger partial charge in [0.1, 0.15) is 5.82 Å². The Kier molecular flexibility index (Phi) is 5.44. The summed E-state index contributed by atoms with van der Waals surface area (Å²) < 4.78 is 16.3. The first-order valence-corrected chi connectivity index (χ1v) is 9.49. The molecule has 0 aliphatic carbocycles. The van der Waals surface area contributed by atoms with Crippen molar-refractivity contribution in [3.8, 4) is 0 Å². The van der Waals surface area contributed by atoms with Gasteiger partial charge >= 0.3 is 0 Å². The van der Waals surface area contributed by atoms with E-state index in [0.29, 0.717) is 31.0 Å². The van der Waals surface area contributed by atoms with Gasteiger partial charge in [-0.05, 0) is 56.2 Å². The summed E-state index contributed by atoms with van der Waals surface area (Å²) in [5.41, 5.74) is 4.68. The number of fused-ring (bicyclic) bond motifs is 1. The Labute approximate surface area is 155 Å². The number of aromatic nitrogens is 2. The molecule has 0 bridgehead atoms. The molecule has 0 atom stereocenters. The molecule has 0 unspecified atom stereocenters. The Hall–Kier alpha value is -2.17. The van der Waals surface area contributed by atoms with Crippen LogP contribution in [0.3, 0.4) is 0 Å². The van der Waals surface area contributed by atoms with Crippen molar-refractivity contribution in [1.82, 2.24) is 9.78 Å². The molecule has 26 heavy (non-hydrogen) atoms. The van der Waals surface area contributed by atoms with Crippen LogP contribution < -0.4 is 4.90 Å². The predicted molar refractivity (Wildman–Crippen MR) is 102 cm³/mol. The number of carbonyl (C=O) groups is 1. The fourth-order valence-corrected chi connectivity index (χ4v) is 3.84. The largest absolute Gasteiger partial charge is 0.309 e. The van der Waals surface area contributed by atoms with Gasteiger partial charge in [0.15, 0.2) is 0 Å². The fraction of sp³-hybridized carbons (Fsp3) is 0.524. The second-order valence-corrected chi connectivity index (χ2v) is 7.62. The molecule has 2 heterocycles.